The number of carbonyl (C=O) groups excluding carboxylic acids is 1. The number of amidine groups is 1. The Kier molecular flexibility index (Phi) is 4.61. The lowest BCUT2D eigenvalue weighted by molar-refractivity contribution is -0.133. The zero-order valence-corrected chi connectivity index (χ0v) is 14.7. The number of nitrogens with zero attached hydrogens (tertiary/aromatic N) is 2. The van der Waals surface area contributed by atoms with Gasteiger partial charge in [0.15, 0.2) is 0 Å². The molecule has 1 atom stereocenters. The van der Waals surface area contributed by atoms with Crippen LogP contribution >= 0.6 is 0 Å². The highest BCUT2D eigenvalue weighted by Crippen LogP contribution is 2.41. The van der Waals surface area contributed by atoms with Crippen molar-refractivity contribution in [2.75, 3.05) is 13.1 Å². The maximum atomic E-state index is 12.6. The Hall–Kier alpha value is -1.72. The molecule has 5 heteroatoms. The second-order valence-corrected chi connectivity index (χ2v) is 7.75. The van der Waals surface area contributed by atoms with Crippen LogP contribution in [0, 0.1) is 5.41 Å². The van der Waals surface area contributed by atoms with E-state index in [4.69, 9.17) is 0 Å². The predicted molar refractivity (Wildman–Crippen MR) is 97.2 cm³/mol. The minimum absolute atomic E-state index is 0.125. The molecule has 134 valence electrons. The summed E-state index contributed by atoms with van der Waals surface area (Å²) in [6.07, 6.45) is 5.25. The van der Waals surface area contributed by atoms with Crippen LogP contribution in [0.25, 0.3) is 0 Å². The zero-order chi connectivity index (χ0) is 17.3. The van der Waals surface area contributed by atoms with Crippen molar-refractivity contribution in [3.05, 3.63) is 35.9 Å². The molecule has 1 saturated heterocycles. The van der Waals surface area contributed by atoms with E-state index in [2.05, 4.69) is 39.5 Å². The number of benzene rings is 1. The second-order valence-electron chi connectivity index (χ2n) is 7.75. The highest BCUT2D eigenvalue weighted by atomic mass is 16.3. The molecule has 0 bridgehead atoms. The first-order valence-corrected chi connectivity index (χ1v) is 9.51. The number of hydrogen-bond donors (Lipinski definition) is 2. The molecule has 1 aromatic rings. The minimum Gasteiger partial charge on any atom is -0.384 e. The van der Waals surface area contributed by atoms with Gasteiger partial charge in [-0.3, -0.25) is 9.69 Å². The van der Waals surface area contributed by atoms with E-state index >= 15 is 0 Å². The van der Waals surface area contributed by atoms with Crippen LogP contribution in [-0.4, -0.2) is 47.0 Å². The molecule has 3 aliphatic rings. The van der Waals surface area contributed by atoms with Gasteiger partial charge in [-0.1, -0.05) is 43.2 Å². The number of aliphatic hydroxyl groups excluding tert-OH is 1. The number of nitrogens with one attached hydrogen (secondary N) is 1. The summed E-state index contributed by atoms with van der Waals surface area (Å²) in [4.78, 5) is 19.2. The summed E-state index contributed by atoms with van der Waals surface area (Å²) in [6, 6.07) is 10.8. The molecule has 4 rings (SSSR count). The Balaban J connectivity index is 1.38. The van der Waals surface area contributed by atoms with Gasteiger partial charge in [0.1, 0.15) is 11.9 Å². The molecule has 2 N–H and O–H groups in total. The summed E-state index contributed by atoms with van der Waals surface area (Å²) in [7, 11) is 0. The van der Waals surface area contributed by atoms with E-state index in [0.717, 1.165) is 32.5 Å². The van der Waals surface area contributed by atoms with E-state index in [1.165, 1.54) is 18.4 Å². The Bertz CT molecular complexity index is 644. The highest BCUT2D eigenvalue weighted by molar-refractivity contribution is 6.08. The van der Waals surface area contributed by atoms with Crippen LogP contribution in [0.1, 0.15) is 44.1 Å². The molecule has 25 heavy (non-hydrogen) atoms. The quantitative estimate of drug-likeness (QED) is 0.884. The van der Waals surface area contributed by atoms with Crippen LogP contribution in [0.3, 0.4) is 0 Å². The number of carbonyl (C=O) groups is 1. The fourth-order valence-corrected chi connectivity index (χ4v) is 4.49. The first-order chi connectivity index (χ1) is 12.2. The van der Waals surface area contributed by atoms with E-state index in [9.17, 15) is 9.90 Å². The maximum absolute atomic E-state index is 12.6. The number of amides is 1. The zero-order valence-electron chi connectivity index (χ0n) is 14.7. The molecule has 1 spiro atoms. The second kappa shape index (κ2) is 6.89. The van der Waals surface area contributed by atoms with Crippen molar-refractivity contribution >= 4 is 11.7 Å². The predicted octanol–water partition coefficient (Wildman–Crippen LogP) is 2.10. The molecule has 0 radical (unpaired) electrons. The summed E-state index contributed by atoms with van der Waals surface area (Å²) in [6.45, 7) is 2.54. The first-order valence-electron chi connectivity index (χ1n) is 9.51. The molecule has 1 amide bonds. The van der Waals surface area contributed by atoms with Gasteiger partial charge in [0.05, 0.1) is 5.41 Å². The van der Waals surface area contributed by atoms with E-state index in [1.807, 2.05) is 6.07 Å². The van der Waals surface area contributed by atoms with Gasteiger partial charge >= 0.3 is 0 Å². The third kappa shape index (κ3) is 3.23. The summed E-state index contributed by atoms with van der Waals surface area (Å²) in [5.41, 5.74) is 0.588. The van der Waals surface area contributed by atoms with Crippen molar-refractivity contribution in [3.63, 3.8) is 0 Å². The molecule has 2 heterocycles. The van der Waals surface area contributed by atoms with Gasteiger partial charge in [0.25, 0.3) is 5.91 Å². The van der Waals surface area contributed by atoms with Gasteiger partial charge in [-0.05, 0) is 44.3 Å². The fraction of sp³-hybridized carbons (Fsp3) is 0.600. The van der Waals surface area contributed by atoms with Crippen molar-refractivity contribution in [1.82, 2.24) is 10.2 Å². The standard InChI is InChI=1S/C20H27N3O2/c24-17-18(21-16-8-4-5-9-16)22-19(25)20(17)10-12-23(13-11-20)14-15-6-2-1-3-7-15/h1-3,6-7,16-17,24H,4-5,8-14H2,(H,21,22,25). The largest absolute Gasteiger partial charge is 0.384 e. The van der Waals surface area contributed by atoms with Gasteiger partial charge in [-0.15, -0.1) is 0 Å². The van der Waals surface area contributed by atoms with Crippen molar-refractivity contribution in [2.45, 2.75) is 57.2 Å². The van der Waals surface area contributed by atoms with Crippen molar-refractivity contribution in [1.29, 1.82) is 0 Å². The molecule has 2 aliphatic heterocycles. The number of aliphatic imine (C=N–C) groups is 1. The van der Waals surface area contributed by atoms with Crippen molar-refractivity contribution < 1.29 is 9.90 Å². The van der Waals surface area contributed by atoms with Crippen LogP contribution in [0.15, 0.2) is 35.3 Å². The Morgan fingerprint density at radius 1 is 1.16 bits per heavy atom. The van der Waals surface area contributed by atoms with E-state index < -0.39 is 11.5 Å². The van der Waals surface area contributed by atoms with Crippen molar-refractivity contribution in [3.8, 4) is 0 Å². The third-order valence-corrected chi connectivity index (χ3v) is 6.13. The van der Waals surface area contributed by atoms with Crippen LogP contribution in [0.4, 0.5) is 0 Å². The summed E-state index contributed by atoms with van der Waals surface area (Å²) < 4.78 is 0. The van der Waals surface area contributed by atoms with E-state index in [1.54, 1.807) is 0 Å². The summed E-state index contributed by atoms with van der Waals surface area (Å²) >= 11 is 0. The topological polar surface area (TPSA) is 64.9 Å². The number of aliphatic hydroxyl groups is 1. The lowest BCUT2D eigenvalue weighted by atomic mass is 9.74. The van der Waals surface area contributed by atoms with Crippen LogP contribution in [0.5, 0.6) is 0 Å². The smallest absolute Gasteiger partial charge is 0.256 e. The van der Waals surface area contributed by atoms with Gasteiger partial charge in [-0.25, -0.2) is 0 Å². The normalized spacial score (nSPS) is 27.0. The summed E-state index contributed by atoms with van der Waals surface area (Å²) in [5.74, 6) is 0.397. The average Bonchev–Trinajstić information content (AvgIpc) is 3.22. The first kappa shape index (κ1) is 16.7. The number of piperidine rings is 1. The highest BCUT2D eigenvalue weighted by Gasteiger charge is 2.53. The monoisotopic (exact) mass is 341 g/mol. The molecule has 1 aliphatic carbocycles. The number of likely N-dealkylation sites (tertiary alicyclic amines) is 1. The van der Waals surface area contributed by atoms with Crippen LogP contribution in [-0.2, 0) is 11.3 Å². The number of hydrogen-bond acceptors (Lipinski definition) is 4. The van der Waals surface area contributed by atoms with Crippen LogP contribution < -0.4 is 5.32 Å². The SMILES string of the molecule is O=C1N=C(NC2CCCC2)C(O)C12CCN(Cc1ccccc1)CC2. The molecule has 0 aromatic heterocycles. The molecule has 1 unspecified atom stereocenters. The van der Waals surface area contributed by atoms with Crippen molar-refractivity contribution in [2.24, 2.45) is 10.4 Å². The Morgan fingerprint density at radius 2 is 1.84 bits per heavy atom. The van der Waals surface area contributed by atoms with Gasteiger partial charge < -0.3 is 10.4 Å². The lowest BCUT2D eigenvalue weighted by Gasteiger charge is -2.39. The van der Waals surface area contributed by atoms with Crippen LogP contribution in [0.2, 0.25) is 0 Å². The molecular formula is C20H27N3O2. The lowest BCUT2D eigenvalue weighted by Crippen LogP contribution is -2.51. The number of rotatable bonds is 3. The molecule has 1 aromatic carbocycles. The van der Waals surface area contributed by atoms with E-state index in [0.29, 0.717) is 24.7 Å². The Morgan fingerprint density at radius 3 is 2.52 bits per heavy atom. The average molecular weight is 341 g/mol. The molecule has 5 nitrogen and oxygen atoms in total. The van der Waals surface area contributed by atoms with E-state index in [-0.39, 0.29) is 5.91 Å². The molecule has 2 fully saturated rings. The molecule has 1 saturated carbocycles. The van der Waals surface area contributed by atoms with Gasteiger partial charge in [0, 0.05) is 12.6 Å². The maximum Gasteiger partial charge on any atom is 0.256 e. The summed E-state index contributed by atoms with van der Waals surface area (Å²) in [5, 5.41) is 14.2. The fourth-order valence-electron chi connectivity index (χ4n) is 4.49. The Labute approximate surface area is 149 Å². The third-order valence-electron chi connectivity index (χ3n) is 6.13. The van der Waals surface area contributed by atoms with Gasteiger partial charge in [-0.2, -0.15) is 4.99 Å². The molecular weight excluding hydrogens is 314 g/mol. The van der Waals surface area contributed by atoms with Gasteiger partial charge in [0.2, 0.25) is 0 Å². The minimum atomic E-state index is -0.764.